The summed E-state index contributed by atoms with van der Waals surface area (Å²) in [6, 6.07) is 40.4. The van der Waals surface area contributed by atoms with E-state index in [9.17, 15) is 0 Å². The third-order valence-corrected chi connectivity index (χ3v) is 7.89. The standard InChI is InChI=1S/C36H25N5/c1-40-34-15-13-25(24-16-19-37-20-17-24)22-32(34)39-36(40)27-12-14-30-29-9-2-3-11-33(29)41(35(30)23-27)28-8-6-7-26(21-28)31-10-4-5-18-38-31/h2-23H,1H3. The second-order valence-corrected chi connectivity index (χ2v) is 10.3. The maximum atomic E-state index is 5.12. The SMILES string of the molecule is Cn1c(-c2ccc3c4ccccc4n(-c4cccc(-c5ccccn5)c4)c3c2)nc2cc(-c3ccncc3)ccc21. The monoisotopic (exact) mass is 527 g/mol. The van der Waals surface area contributed by atoms with Gasteiger partial charge in [-0.1, -0.05) is 54.6 Å². The molecule has 0 unspecified atom stereocenters. The minimum absolute atomic E-state index is 0.938. The van der Waals surface area contributed by atoms with Crippen molar-refractivity contribution in [2.75, 3.05) is 0 Å². The molecule has 8 rings (SSSR count). The summed E-state index contributed by atoms with van der Waals surface area (Å²) in [6.45, 7) is 0. The molecule has 0 radical (unpaired) electrons. The fraction of sp³-hybridized carbons (Fsp3) is 0.0278. The van der Waals surface area contributed by atoms with Crippen LogP contribution >= 0.6 is 0 Å². The van der Waals surface area contributed by atoms with Gasteiger partial charge in [-0.15, -0.1) is 0 Å². The van der Waals surface area contributed by atoms with E-state index >= 15 is 0 Å². The molecule has 41 heavy (non-hydrogen) atoms. The van der Waals surface area contributed by atoms with Gasteiger partial charge in [-0.25, -0.2) is 4.98 Å². The van der Waals surface area contributed by atoms with Crippen molar-refractivity contribution in [2.45, 2.75) is 0 Å². The van der Waals surface area contributed by atoms with Crippen molar-refractivity contribution < 1.29 is 0 Å². The van der Waals surface area contributed by atoms with E-state index in [4.69, 9.17) is 4.98 Å². The molecule has 0 fully saturated rings. The molecule has 0 aliphatic rings. The summed E-state index contributed by atoms with van der Waals surface area (Å²) in [5, 5.41) is 2.44. The zero-order valence-electron chi connectivity index (χ0n) is 22.4. The number of fused-ring (bicyclic) bond motifs is 4. The van der Waals surface area contributed by atoms with Gasteiger partial charge in [0.25, 0.3) is 0 Å². The van der Waals surface area contributed by atoms with Gasteiger partial charge >= 0.3 is 0 Å². The Hall–Kier alpha value is -5.55. The molecule has 4 heterocycles. The largest absolute Gasteiger partial charge is 0.327 e. The second-order valence-electron chi connectivity index (χ2n) is 10.3. The Labute approximate surface area is 237 Å². The number of benzene rings is 4. The molecule has 4 aromatic carbocycles. The Balaban J connectivity index is 1.32. The molecule has 4 aromatic heterocycles. The number of hydrogen-bond donors (Lipinski definition) is 0. The highest BCUT2D eigenvalue weighted by Crippen LogP contribution is 2.36. The van der Waals surface area contributed by atoms with Crippen molar-refractivity contribution in [3.05, 3.63) is 134 Å². The lowest BCUT2D eigenvalue weighted by Gasteiger charge is -2.11. The predicted molar refractivity (Wildman–Crippen MR) is 167 cm³/mol. The fourth-order valence-electron chi connectivity index (χ4n) is 5.91. The number of para-hydroxylation sites is 1. The number of rotatable bonds is 4. The number of aromatic nitrogens is 5. The lowest BCUT2D eigenvalue weighted by atomic mass is 10.1. The third-order valence-electron chi connectivity index (χ3n) is 7.89. The van der Waals surface area contributed by atoms with E-state index in [0.717, 1.165) is 56.0 Å². The number of pyridine rings is 2. The van der Waals surface area contributed by atoms with Crippen LogP contribution in [0.25, 0.3) is 72.3 Å². The molecule has 0 bridgehead atoms. The number of aryl methyl sites for hydroxylation is 1. The van der Waals surface area contributed by atoms with Gasteiger partial charge < -0.3 is 9.13 Å². The van der Waals surface area contributed by atoms with Crippen LogP contribution in [0.1, 0.15) is 0 Å². The first-order valence-electron chi connectivity index (χ1n) is 13.7. The minimum Gasteiger partial charge on any atom is -0.327 e. The van der Waals surface area contributed by atoms with E-state index in [1.54, 1.807) is 0 Å². The van der Waals surface area contributed by atoms with Crippen LogP contribution in [0.15, 0.2) is 134 Å². The Morgan fingerprint density at radius 2 is 1.37 bits per heavy atom. The molecule has 0 aliphatic heterocycles. The van der Waals surface area contributed by atoms with Crippen molar-refractivity contribution in [2.24, 2.45) is 7.05 Å². The lowest BCUT2D eigenvalue weighted by Crippen LogP contribution is -1.96. The smallest absolute Gasteiger partial charge is 0.140 e. The van der Waals surface area contributed by atoms with Crippen LogP contribution in [0.4, 0.5) is 0 Å². The normalized spacial score (nSPS) is 11.5. The van der Waals surface area contributed by atoms with E-state index in [2.05, 4.69) is 117 Å². The first-order valence-corrected chi connectivity index (χ1v) is 13.7. The van der Waals surface area contributed by atoms with Gasteiger partial charge in [0.05, 0.1) is 27.8 Å². The van der Waals surface area contributed by atoms with E-state index in [0.29, 0.717) is 0 Å². The molecule has 8 aromatic rings. The van der Waals surface area contributed by atoms with Crippen LogP contribution in [0, 0.1) is 0 Å². The van der Waals surface area contributed by atoms with Gasteiger partial charge in [0, 0.05) is 53.2 Å². The van der Waals surface area contributed by atoms with Gasteiger partial charge in [-0.05, 0) is 71.8 Å². The zero-order valence-corrected chi connectivity index (χ0v) is 22.4. The molecule has 5 nitrogen and oxygen atoms in total. The Kier molecular flexibility index (Phi) is 5.28. The van der Waals surface area contributed by atoms with E-state index in [-0.39, 0.29) is 0 Å². The van der Waals surface area contributed by atoms with Gasteiger partial charge in [0.1, 0.15) is 5.82 Å². The molecule has 0 N–H and O–H groups in total. The summed E-state index contributed by atoms with van der Waals surface area (Å²) in [7, 11) is 2.09. The predicted octanol–water partition coefficient (Wildman–Crippen LogP) is 8.46. The van der Waals surface area contributed by atoms with Crippen LogP contribution < -0.4 is 0 Å². The molecule has 0 amide bonds. The molecule has 0 spiro atoms. The van der Waals surface area contributed by atoms with Crippen LogP contribution in [0.2, 0.25) is 0 Å². The Morgan fingerprint density at radius 1 is 0.537 bits per heavy atom. The minimum atomic E-state index is 0.938. The summed E-state index contributed by atoms with van der Waals surface area (Å²) in [5.41, 5.74) is 10.9. The quantitative estimate of drug-likeness (QED) is 0.231. The number of nitrogens with zero attached hydrogens (tertiary/aromatic N) is 5. The van der Waals surface area contributed by atoms with Crippen molar-refractivity contribution in [1.82, 2.24) is 24.1 Å². The maximum Gasteiger partial charge on any atom is 0.140 e. The molecular weight excluding hydrogens is 502 g/mol. The van der Waals surface area contributed by atoms with Crippen LogP contribution in [-0.4, -0.2) is 24.1 Å². The summed E-state index contributed by atoms with van der Waals surface area (Å²) in [6.07, 6.45) is 5.49. The van der Waals surface area contributed by atoms with E-state index < -0.39 is 0 Å². The second kappa shape index (κ2) is 9.28. The average molecular weight is 528 g/mol. The fourth-order valence-corrected chi connectivity index (χ4v) is 5.91. The number of hydrogen-bond acceptors (Lipinski definition) is 3. The lowest BCUT2D eigenvalue weighted by molar-refractivity contribution is 0.959. The summed E-state index contributed by atoms with van der Waals surface area (Å²) in [5.74, 6) is 0.938. The van der Waals surface area contributed by atoms with Crippen LogP contribution in [0.5, 0.6) is 0 Å². The molecule has 194 valence electrons. The zero-order chi connectivity index (χ0) is 27.3. The highest BCUT2D eigenvalue weighted by Gasteiger charge is 2.16. The summed E-state index contributed by atoms with van der Waals surface area (Å²) >= 11 is 0. The Bertz CT molecular complexity index is 2210. The summed E-state index contributed by atoms with van der Waals surface area (Å²) < 4.78 is 4.53. The topological polar surface area (TPSA) is 48.5 Å². The first kappa shape index (κ1) is 23.3. The molecular formula is C36H25N5. The van der Waals surface area contributed by atoms with Gasteiger partial charge in [0.2, 0.25) is 0 Å². The average Bonchev–Trinajstić information content (AvgIpc) is 3.55. The van der Waals surface area contributed by atoms with Crippen molar-refractivity contribution in [1.29, 1.82) is 0 Å². The van der Waals surface area contributed by atoms with Gasteiger partial charge in [-0.3, -0.25) is 9.97 Å². The molecule has 5 heteroatoms. The third kappa shape index (κ3) is 3.82. The molecule has 0 atom stereocenters. The molecule has 0 saturated heterocycles. The Morgan fingerprint density at radius 3 is 2.24 bits per heavy atom. The molecule has 0 aliphatic carbocycles. The van der Waals surface area contributed by atoms with Crippen LogP contribution in [0.3, 0.4) is 0 Å². The van der Waals surface area contributed by atoms with Crippen molar-refractivity contribution in [3.8, 4) is 39.5 Å². The van der Waals surface area contributed by atoms with Gasteiger partial charge in [0.15, 0.2) is 0 Å². The highest BCUT2D eigenvalue weighted by molar-refractivity contribution is 6.10. The van der Waals surface area contributed by atoms with E-state index in [1.165, 1.54) is 16.3 Å². The van der Waals surface area contributed by atoms with Crippen molar-refractivity contribution >= 4 is 32.8 Å². The summed E-state index contributed by atoms with van der Waals surface area (Å²) in [4.78, 5) is 13.9. The van der Waals surface area contributed by atoms with Gasteiger partial charge in [-0.2, -0.15) is 0 Å². The van der Waals surface area contributed by atoms with E-state index in [1.807, 2.05) is 42.9 Å². The number of imidazole rings is 1. The molecule has 0 saturated carbocycles. The maximum absolute atomic E-state index is 5.12. The first-order chi connectivity index (χ1) is 20.2. The van der Waals surface area contributed by atoms with Crippen LogP contribution in [-0.2, 0) is 7.05 Å². The highest BCUT2D eigenvalue weighted by atomic mass is 15.1. The van der Waals surface area contributed by atoms with Crippen molar-refractivity contribution in [3.63, 3.8) is 0 Å².